The number of hydrogen-bond donors (Lipinski definition) is 0. The average molecular weight is 670 g/mol. The maximum Gasteiger partial charge on any atom is 0.410 e. The number of carbonyl (C=O) groups excluding carboxylic acids is 2. The number of benzene rings is 3. The Kier molecular flexibility index (Phi) is 13.0. The van der Waals surface area contributed by atoms with Crippen molar-refractivity contribution in [3.63, 3.8) is 0 Å². The van der Waals surface area contributed by atoms with Gasteiger partial charge in [-0.3, -0.25) is 0 Å². The second kappa shape index (κ2) is 16.9. The Hall–Kier alpha value is -3.44. The number of hydrogen-bond acceptors (Lipinski definition) is 7. The lowest BCUT2D eigenvalue weighted by molar-refractivity contribution is 0.0597. The van der Waals surface area contributed by atoms with Crippen LogP contribution in [0.4, 0.5) is 4.79 Å². The molecule has 9 nitrogen and oxygen atoms in total. The zero-order valence-electron chi connectivity index (χ0n) is 26.8. The van der Waals surface area contributed by atoms with Gasteiger partial charge in [-0.15, -0.1) is 0 Å². The number of carbonyl (C=O) groups is 2. The summed E-state index contributed by atoms with van der Waals surface area (Å²) in [5.74, 6) is -0.486. The van der Waals surface area contributed by atoms with Crippen molar-refractivity contribution in [2.24, 2.45) is 0 Å². The molecule has 1 aliphatic heterocycles. The molecule has 0 bridgehead atoms. The van der Waals surface area contributed by atoms with E-state index >= 15 is 0 Å². The van der Waals surface area contributed by atoms with Gasteiger partial charge in [0.1, 0.15) is 6.61 Å². The Balaban J connectivity index is 1.34. The van der Waals surface area contributed by atoms with Crippen LogP contribution >= 0.6 is 11.6 Å². The van der Waals surface area contributed by atoms with E-state index in [1.54, 1.807) is 55.6 Å². The molecule has 1 heterocycles. The number of esters is 1. The molecule has 0 saturated carbocycles. The number of rotatable bonds is 14. The molecule has 0 spiro atoms. The topological polar surface area (TPSA) is 96.5 Å². The van der Waals surface area contributed by atoms with Crippen molar-refractivity contribution in [2.45, 2.75) is 56.1 Å². The Labute approximate surface area is 278 Å². The molecule has 3 aromatic carbocycles. The van der Waals surface area contributed by atoms with Crippen molar-refractivity contribution in [3.05, 3.63) is 101 Å². The molecular weight excluding hydrogens is 626 g/mol. The lowest BCUT2D eigenvalue weighted by Crippen LogP contribution is -2.48. The molecule has 1 amide bonds. The van der Waals surface area contributed by atoms with E-state index in [4.69, 9.17) is 21.1 Å². The number of ether oxygens (including phenoxy) is 2. The van der Waals surface area contributed by atoms with Crippen LogP contribution in [0.3, 0.4) is 0 Å². The minimum atomic E-state index is -3.64. The SMILES string of the molecule is CCCN(C(=O)OCc1cccc(C(=O)OC)c1)C1CCN(CC[C@H](CN(C)S(=O)(=O)c2ccccc2)c2cccc(Cl)c2)CC1. The van der Waals surface area contributed by atoms with Gasteiger partial charge in [-0.2, -0.15) is 0 Å². The van der Waals surface area contributed by atoms with E-state index in [1.165, 1.54) is 11.4 Å². The van der Waals surface area contributed by atoms with Crippen LogP contribution in [0.25, 0.3) is 0 Å². The third-order valence-electron chi connectivity index (χ3n) is 8.45. The summed E-state index contributed by atoms with van der Waals surface area (Å²) in [5, 5.41) is 0.621. The lowest BCUT2D eigenvalue weighted by Gasteiger charge is -2.38. The van der Waals surface area contributed by atoms with Crippen LogP contribution in [0, 0.1) is 0 Å². The second-order valence-electron chi connectivity index (χ2n) is 11.7. The molecule has 248 valence electrons. The van der Waals surface area contributed by atoms with Gasteiger partial charge >= 0.3 is 12.1 Å². The van der Waals surface area contributed by atoms with Crippen LogP contribution in [-0.4, -0.2) is 87.5 Å². The van der Waals surface area contributed by atoms with E-state index in [2.05, 4.69) is 4.90 Å². The maximum absolute atomic E-state index is 13.3. The molecule has 1 fully saturated rings. The van der Waals surface area contributed by atoms with Crippen LogP contribution in [-0.2, 0) is 26.1 Å². The Morgan fingerprint density at radius 1 is 1.00 bits per heavy atom. The molecule has 0 aromatic heterocycles. The largest absolute Gasteiger partial charge is 0.465 e. The highest BCUT2D eigenvalue weighted by Gasteiger charge is 2.30. The zero-order chi connectivity index (χ0) is 33.1. The number of likely N-dealkylation sites (N-methyl/N-ethyl adjacent to an activating group) is 1. The molecular formula is C35H44ClN3O6S. The van der Waals surface area contributed by atoms with Gasteiger partial charge in [0, 0.05) is 44.3 Å². The highest BCUT2D eigenvalue weighted by atomic mass is 35.5. The van der Waals surface area contributed by atoms with Gasteiger partial charge in [0.25, 0.3) is 0 Å². The molecule has 1 aliphatic rings. The van der Waals surface area contributed by atoms with Crippen molar-refractivity contribution in [1.29, 1.82) is 0 Å². The van der Waals surface area contributed by atoms with Gasteiger partial charge in [-0.05, 0) is 85.7 Å². The second-order valence-corrected chi connectivity index (χ2v) is 14.1. The van der Waals surface area contributed by atoms with Crippen LogP contribution in [0.2, 0.25) is 5.02 Å². The van der Waals surface area contributed by atoms with E-state index in [0.29, 0.717) is 23.7 Å². The van der Waals surface area contributed by atoms with Gasteiger partial charge in [0.15, 0.2) is 0 Å². The number of piperidine rings is 1. The highest BCUT2D eigenvalue weighted by Crippen LogP contribution is 2.27. The Morgan fingerprint density at radius 2 is 1.72 bits per heavy atom. The summed E-state index contributed by atoms with van der Waals surface area (Å²) in [6.45, 7) is 5.47. The first kappa shape index (κ1) is 35.4. The van der Waals surface area contributed by atoms with Gasteiger partial charge in [0.2, 0.25) is 10.0 Å². The summed E-state index contributed by atoms with van der Waals surface area (Å²) < 4.78 is 38.5. The first-order valence-corrected chi connectivity index (χ1v) is 17.5. The predicted octanol–water partition coefficient (Wildman–Crippen LogP) is 6.43. The van der Waals surface area contributed by atoms with Crippen molar-refractivity contribution in [2.75, 3.05) is 46.9 Å². The highest BCUT2D eigenvalue weighted by molar-refractivity contribution is 7.89. The zero-order valence-corrected chi connectivity index (χ0v) is 28.4. The van der Waals surface area contributed by atoms with Crippen LogP contribution in [0.15, 0.2) is 83.8 Å². The maximum atomic E-state index is 13.3. The van der Waals surface area contributed by atoms with E-state index in [9.17, 15) is 18.0 Å². The van der Waals surface area contributed by atoms with Crippen LogP contribution in [0.5, 0.6) is 0 Å². The molecule has 0 N–H and O–H groups in total. The predicted molar refractivity (Wildman–Crippen MR) is 179 cm³/mol. The molecule has 11 heteroatoms. The number of likely N-dealkylation sites (tertiary alicyclic amines) is 1. The van der Waals surface area contributed by atoms with E-state index in [-0.39, 0.29) is 29.6 Å². The summed E-state index contributed by atoms with van der Waals surface area (Å²) in [6.07, 6.45) is 2.85. The molecule has 0 radical (unpaired) electrons. The number of amides is 1. The van der Waals surface area contributed by atoms with E-state index < -0.39 is 16.0 Å². The van der Waals surface area contributed by atoms with Crippen molar-refractivity contribution in [3.8, 4) is 0 Å². The molecule has 1 atom stereocenters. The van der Waals surface area contributed by atoms with E-state index in [1.807, 2.05) is 42.2 Å². The first-order chi connectivity index (χ1) is 22.1. The Bertz CT molecular complexity index is 1550. The Morgan fingerprint density at radius 3 is 2.39 bits per heavy atom. The third kappa shape index (κ3) is 9.54. The number of sulfonamides is 1. The molecule has 1 saturated heterocycles. The average Bonchev–Trinajstić information content (AvgIpc) is 3.08. The smallest absolute Gasteiger partial charge is 0.410 e. The number of halogens is 1. The molecule has 3 aromatic rings. The summed E-state index contributed by atoms with van der Waals surface area (Å²) >= 11 is 6.34. The van der Waals surface area contributed by atoms with Crippen LogP contribution in [0.1, 0.15) is 60.0 Å². The summed E-state index contributed by atoms with van der Waals surface area (Å²) in [5.41, 5.74) is 2.14. The van der Waals surface area contributed by atoms with Gasteiger partial charge in [-0.25, -0.2) is 22.3 Å². The fraction of sp³-hybridized carbons (Fsp3) is 0.429. The standard InChI is InChI=1S/C35H44ClN3O6S/c1-4-19-39(35(41)45-26-27-10-8-12-29(23-27)34(40)44-3)32-17-21-38(22-18-32)20-16-30(28-11-9-13-31(36)24-28)25-37(2)46(42,43)33-14-6-5-7-15-33/h5-15,23-24,30,32H,4,16-22,25-26H2,1-3H3/t30-/m1/s1. The minimum absolute atomic E-state index is 0.0517. The van der Waals surface area contributed by atoms with Crippen molar-refractivity contribution in [1.82, 2.24) is 14.1 Å². The van der Waals surface area contributed by atoms with Gasteiger partial charge in [0.05, 0.1) is 17.6 Å². The van der Waals surface area contributed by atoms with Gasteiger partial charge in [-0.1, -0.05) is 61.0 Å². The molecule has 0 aliphatic carbocycles. The third-order valence-corrected chi connectivity index (χ3v) is 10.5. The van der Waals surface area contributed by atoms with Crippen LogP contribution < -0.4 is 0 Å². The summed E-state index contributed by atoms with van der Waals surface area (Å²) in [4.78, 5) is 29.5. The number of nitrogens with zero attached hydrogens (tertiary/aromatic N) is 3. The normalized spacial score (nSPS) is 15.0. The molecule has 0 unspecified atom stereocenters. The summed E-state index contributed by atoms with van der Waals surface area (Å²) in [7, 11) is -0.679. The lowest BCUT2D eigenvalue weighted by atomic mass is 9.94. The summed E-state index contributed by atoms with van der Waals surface area (Å²) in [6, 6.07) is 23.1. The number of methoxy groups -OCH3 is 1. The van der Waals surface area contributed by atoms with Crippen molar-refractivity contribution < 1.29 is 27.5 Å². The van der Waals surface area contributed by atoms with E-state index in [0.717, 1.165) is 56.4 Å². The monoisotopic (exact) mass is 669 g/mol. The van der Waals surface area contributed by atoms with Crippen molar-refractivity contribution >= 4 is 33.7 Å². The fourth-order valence-electron chi connectivity index (χ4n) is 5.90. The fourth-order valence-corrected chi connectivity index (χ4v) is 7.33. The minimum Gasteiger partial charge on any atom is -0.465 e. The molecule has 4 rings (SSSR count). The quantitative estimate of drug-likeness (QED) is 0.183. The molecule has 46 heavy (non-hydrogen) atoms. The van der Waals surface area contributed by atoms with Gasteiger partial charge < -0.3 is 19.3 Å². The first-order valence-electron chi connectivity index (χ1n) is 15.7.